The van der Waals surface area contributed by atoms with Gasteiger partial charge in [0.2, 0.25) is 0 Å². The molecule has 1 aliphatic carbocycles. The van der Waals surface area contributed by atoms with Crippen molar-refractivity contribution in [3.05, 3.63) is 17.0 Å². The maximum Gasteiger partial charge on any atom is 0.306 e. The summed E-state index contributed by atoms with van der Waals surface area (Å²) in [6.07, 6.45) is 2.22. The predicted octanol–water partition coefficient (Wildman–Crippen LogP) is 2.69. The van der Waals surface area contributed by atoms with Crippen LogP contribution < -0.4 is 0 Å². The van der Waals surface area contributed by atoms with E-state index in [0.29, 0.717) is 24.3 Å². The van der Waals surface area contributed by atoms with E-state index in [1.807, 2.05) is 25.6 Å². The number of hydrogen-bond acceptors (Lipinski definition) is 3. The maximum atomic E-state index is 11.8. The fraction of sp³-hybridized carbons (Fsp3) is 0.714. The van der Waals surface area contributed by atoms with Gasteiger partial charge in [-0.15, -0.1) is 0 Å². The molecule has 1 heterocycles. The number of nitrogens with zero attached hydrogens (tertiary/aromatic N) is 2. The van der Waals surface area contributed by atoms with Crippen LogP contribution in [0.3, 0.4) is 0 Å². The van der Waals surface area contributed by atoms with Crippen molar-refractivity contribution < 1.29 is 9.53 Å². The summed E-state index contributed by atoms with van der Waals surface area (Å²) >= 11 is 3.55. The van der Waals surface area contributed by atoms with E-state index in [-0.39, 0.29) is 11.4 Å². The molecule has 1 saturated carbocycles. The number of carbonyl (C=O) groups excluding carboxylic acids is 1. The van der Waals surface area contributed by atoms with Crippen molar-refractivity contribution in [3.63, 3.8) is 0 Å². The van der Waals surface area contributed by atoms with E-state index >= 15 is 0 Å². The molecule has 0 saturated heterocycles. The quantitative estimate of drug-likeness (QED) is 0.616. The van der Waals surface area contributed by atoms with Crippen LogP contribution in [0.15, 0.2) is 0 Å². The molecular formula is C14H21BrN2O2. The lowest BCUT2D eigenvalue weighted by Gasteiger charge is -2.10. The summed E-state index contributed by atoms with van der Waals surface area (Å²) in [6.45, 7) is 6.66. The highest BCUT2D eigenvalue weighted by molar-refractivity contribution is 9.09. The van der Waals surface area contributed by atoms with Crippen molar-refractivity contribution in [1.29, 1.82) is 0 Å². The lowest BCUT2D eigenvalue weighted by atomic mass is 10.1. The van der Waals surface area contributed by atoms with Crippen LogP contribution in [0.4, 0.5) is 0 Å². The highest BCUT2D eigenvalue weighted by atomic mass is 79.9. The molecule has 1 aliphatic rings. The molecule has 0 spiro atoms. The van der Waals surface area contributed by atoms with E-state index in [0.717, 1.165) is 23.4 Å². The Kier molecular flexibility index (Phi) is 4.04. The fourth-order valence-corrected chi connectivity index (χ4v) is 3.10. The lowest BCUT2D eigenvalue weighted by Crippen LogP contribution is -2.15. The van der Waals surface area contributed by atoms with Gasteiger partial charge < -0.3 is 4.74 Å². The maximum absolute atomic E-state index is 11.8. The van der Waals surface area contributed by atoms with E-state index in [1.165, 1.54) is 0 Å². The Bertz CT molecular complexity index is 498. The minimum atomic E-state index is -0.115. The van der Waals surface area contributed by atoms with Crippen LogP contribution in [0, 0.1) is 19.3 Å². The Labute approximate surface area is 122 Å². The first-order valence-electron chi connectivity index (χ1n) is 6.62. The van der Waals surface area contributed by atoms with E-state index < -0.39 is 0 Å². The van der Waals surface area contributed by atoms with Crippen molar-refractivity contribution >= 4 is 21.9 Å². The number of halogens is 1. The molecule has 0 bridgehead atoms. The average molecular weight is 329 g/mol. The fourth-order valence-electron chi connectivity index (χ4n) is 2.22. The normalized spacial score (nSPS) is 25.4. The lowest BCUT2D eigenvalue weighted by molar-refractivity contribution is -0.145. The highest BCUT2D eigenvalue weighted by Gasteiger charge is 2.49. The monoisotopic (exact) mass is 328 g/mol. The number of aryl methyl sites for hydroxylation is 2. The Morgan fingerprint density at radius 1 is 1.58 bits per heavy atom. The molecule has 1 aromatic heterocycles. The van der Waals surface area contributed by atoms with Crippen molar-refractivity contribution in [2.24, 2.45) is 12.5 Å². The molecular weight excluding hydrogens is 308 g/mol. The van der Waals surface area contributed by atoms with Gasteiger partial charge in [-0.1, -0.05) is 22.9 Å². The van der Waals surface area contributed by atoms with Gasteiger partial charge in [-0.25, -0.2) is 0 Å². The molecule has 5 heteroatoms. The van der Waals surface area contributed by atoms with E-state index in [2.05, 4.69) is 28.0 Å². The summed E-state index contributed by atoms with van der Waals surface area (Å²) < 4.78 is 7.21. The van der Waals surface area contributed by atoms with Gasteiger partial charge in [0.05, 0.1) is 12.3 Å². The predicted molar refractivity (Wildman–Crippen MR) is 77.4 cm³/mol. The molecule has 2 atom stereocenters. The van der Waals surface area contributed by atoms with Crippen LogP contribution in [-0.2, 0) is 23.0 Å². The SMILES string of the molecule is Cc1nn(C)c(C)c1CCC(=O)OCC1(C)CC1Br. The summed E-state index contributed by atoms with van der Waals surface area (Å²) in [5.41, 5.74) is 3.44. The molecule has 0 aromatic carbocycles. The zero-order chi connectivity index (χ0) is 14.2. The van der Waals surface area contributed by atoms with Crippen molar-refractivity contribution in [2.75, 3.05) is 6.61 Å². The van der Waals surface area contributed by atoms with Gasteiger partial charge in [0.25, 0.3) is 0 Å². The number of rotatable bonds is 5. The number of ether oxygens (including phenoxy) is 1. The zero-order valence-corrected chi connectivity index (χ0v) is 13.6. The molecule has 4 nitrogen and oxygen atoms in total. The third-order valence-corrected chi connectivity index (χ3v) is 5.47. The largest absolute Gasteiger partial charge is 0.465 e. The van der Waals surface area contributed by atoms with Crippen molar-refractivity contribution in [2.45, 2.75) is 44.9 Å². The van der Waals surface area contributed by atoms with E-state index in [1.54, 1.807) is 0 Å². The molecule has 0 aliphatic heterocycles. The first-order valence-corrected chi connectivity index (χ1v) is 7.54. The van der Waals surface area contributed by atoms with Crippen molar-refractivity contribution in [3.8, 4) is 0 Å². The van der Waals surface area contributed by atoms with Gasteiger partial charge in [0, 0.05) is 29.4 Å². The van der Waals surface area contributed by atoms with Crippen LogP contribution in [0.2, 0.25) is 0 Å². The molecule has 1 fully saturated rings. The molecule has 1 aromatic rings. The zero-order valence-electron chi connectivity index (χ0n) is 12.0. The number of alkyl halides is 1. The van der Waals surface area contributed by atoms with Gasteiger partial charge in [-0.2, -0.15) is 5.10 Å². The topological polar surface area (TPSA) is 44.1 Å². The number of carbonyl (C=O) groups is 1. The molecule has 0 N–H and O–H groups in total. The van der Waals surface area contributed by atoms with Crippen LogP contribution in [0.25, 0.3) is 0 Å². The first kappa shape index (κ1) is 14.6. The molecule has 2 unspecified atom stereocenters. The third kappa shape index (κ3) is 3.19. The molecule has 0 radical (unpaired) electrons. The number of esters is 1. The summed E-state index contributed by atoms with van der Waals surface area (Å²) in [5, 5.41) is 4.35. The summed E-state index contributed by atoms with van der Waals surface area (Å²) in [6, 6.07) is 0. The van der Waals surface area contributed by atoms with E-state index in [4.69, 9.17) is 4.74 Å². The summed E-state index contributed by atoms with van der Waals surface area (Å²) in [7, 11) is 1.92. The Morgan fingerprint density at radius 2 is 2.21 bits per heavy atom. The average Bonchev–Trinajstić information content (AvgIpc) is 2.86. The van der Waals surface area contributed by atoms with Crippen LogP contribution in [0.5, 0.6) is 0 Å². The van der Waals surface area contributed by atoms with Gasteiger partial charge in [-0.05, 0) is 32.3 Å². The second-order valence-corrected chi connectivity index (χ2v) is 6.86. The van der Waals surface area contributed by atoms with Gasteiger partial charge in [0.1, 0.15) is 0 Å². The third-order valence-electron chi connectivity index (χ3n) is 4.04. The number of aromatic nitrogens is 2. The Balaban J connectivity index is 1.80. The van der Waals surface area contributed by atoms with E-state index in [9.17, 15) is 4.79 Å². The van der Waals surface area contributed by atoms with Crippen LogP contribution in [-0.4, -0.2) is 27.2 Å². The van der Waals surface area contributed by atoms with Gasteiger partial charge in [0.15, 0.2) is 0 Å². The first-order chi connectivity index (χ1) is 8.83. The van der Waals surface area contributed by atoms with Gasteiger partial charge >= 0.3 is 5.97 Å². The van der Waals surface area contributed by atoms with Crippen LogP contribution in [0.1, 0.15) is 36.7 Å². The minimum Gasteiger partial charge on any atom is -0.465 e. The Morgan fingerprint density at radius 3 is 2.68 bits per heavy atom. The van der Waals surface area contributed by atoms with Crippen LogP contribution >= 0.6 is 15.9 Å². The Hall–Kier alpha value is -0.840. The second kappa shape index (κ2) is 5.27. The summed E-state index contributed by atoms with van der Waals surface area (Å²) in [4.78, 5) is 12.3. The smallest absolute Gasteiger partial charge is 0.306 e. The minimum absolute atomic E-state index is 0.115. The highest BCUT2D eigenvalue weighted by Crippen LogP contribution is 2.51. The second-order valence-electron chi connectivity index (χ2n) is 5.76. The standard InChI is InChI=1S/C14H21BrN2O2/c1-9-11(10(2)17(4)16-9)5-6-13(18)19-8-14(3)7-12(14)15/h12H,5-8H2,1-4H3. The molecule has 106 valence electrons. The van der Waals surface area contributed by atoms with Gasteiger partial charge in [-0.3, -0.25) is 9.48 Å². The molecule has 0 amide bonds. The molecule has 19 heavy (non-hydrogen) atoms. The van der Waals surface area contributed by atoms with Crippen molar-refractivity contribution in [1.82, 2.24) is 9.78 Å². The number of hydrogen-bond donors (Lipinski definition) is 0. The molecule has 2 rings (SSSR count). The summed E-state index contributed by atoms with van der Waals surface area (Å²) in [5.74, 6) is -0.115.